The third kappa shape index (κ3) is 4.08. The quantitative estimate of drug-likeness (QED) is 0.804. The summed E-state index contributed by atoms with van der Waals surface area (Å²) in [5.41, 5.74) is 3.75. The van der Waals surface area contributed by atoms with Gasteiger partial charge in [0.05, 0.1) is 6.04 Å². The zero-order valence-corrected chi connectivity index (χ0v) is 16.4. The normalized spacial score (nSPS) is 21.1. The molecule has 2 atom stereocenters. The van der Waals surface area contributed by atoms with Gasteiger partial charge in [-0.15, -0.1) is 11.3 Å². The van der Waals surface area contributed by atoms with Gasteiger partial charge in [-0.2, -0.15) is 0 Å². The van der Waals surface area contributed by atoms with Crippen LogP contribution in [0.3, 0.4) is 0 Å². The minimum Gasteiger partial charge on any atom is -0.451 e. The first-order chi connectivity index (χ1) is 13.1. The van der Waals surface area contributed by atoms with E-state index in [4.69, 9.17) is 4.74 Å². The van der Waals surface area contributed by atoms with Crippen LogP contribution >= 0.6 is 11.3 Å². The van der Waals surface area contributed by atoms with Gasteiger partial charge in [0.1, 0.15) is 4.88 Å². The van der Waals surface area contributed by atoms with Crippen molar-refractivity contribution in [3.63, 3.8) is 0 Å². The highest BCUT2D eigenvalue weighted by molar-refractivity contribution is 7.14. The molecule has 1 heterocycles. The summed E-state index contributed by atoms with van der Waals surface area (Å²) in [6.45, 7) is 2.02. The summed E-state index contributed by atoms with van der Waals surface area (Å²) in [4.78, 5) is 26.6. The van der Waals surface area contributed by atoms with E-state index >= 15 is 0 Å². The Labute approximate surface area is 163 Å². The average molecular weight is 384 g/mol. The Bertz CT molecular complexity index is 857. The summed E-state index contributed by atoms with van der Waals surface area (Å²) < 4.78 is 5.28. The second-order valence-electron chi connectivity index (χ2n) is 7.69. The van der Waals surface area contributed by atoms with Crippen molar-refractivity contribution >= 4 is 23.2 Å². The SMILES string of the molecule is C[C@H]1CCc2sc(C(=O)OCC(=O)N[C@@H]3CCCc4ccccc43)cc2C1. The molecule has 2 aliphatic carbocycles. The molecule has 0 bridgehead atoms. The molecule has 0 spiro atoms. The van der Waals surface area contributed by atoms with E-state index < -0.39 is 0 Å². The van der Waals surface area contributed by atoms with Crippen molar-refractivity contribution in [1.29, 1.82) is 0 Å². The molecule has 4 rings (SSSR count). The summed E-state index contributed by atoms with van der Waals surface area (Å²) in [5, 5.41) is 3.02. The van der Waals surface area contributed by atoms with E-state index in [0.717, 1.165) is 32.1 Å². The van der Waals surface area contributed by atoms with Gasteiger partial charge < -0.3 is 10.1 Å². The van der Waals surface area contributed by atoms with Crippen LogP contribution < -0.4 is 5.32 Å². The number of rotatable bonds is 4. The number of hydrogen-bond acceptors (Lipinski definition) is 4. The largest absolute Gasteiger partial charge is 0.451 e. The first-order valence-electron chi connectivity index (χ1n) is 9.76. The summed E-state index contributed by atoms with van der Waals surface area (Å²) in [7, 11) is 0. The lowest BCUT2D eigenvalue weighted by Crippen LogP contribution is -2.34. The lowest BCUT2D eigenvalue weighted by atomic mass is 9.88. The van der Waals surface area contributed by atoms with E-state index in [-0.39, 0.29) is 24.5 Å². The maximum Gasteiger partial charge on any atom is 0.348 e. The Morgan fingerprint density at radius 1 is 1.19 bits per heavy atom. The van der Waals surface area contributed by atoms with Crippen molar-refractivity contribution in [3.8, 4) is 0 Å². The van der Waals surface area contributed by atoms with Gasteiger partial charge in [-0.25, -0.2) is 4.79 Å². The molecule has 142 valence electrons. The molecule has 5 heteroatoms. The molecule has 1 amide bonds. The van der Waals surface area contributed by atoms with Crippen LogP contribution in [0.2, 0.25) is 0 Å². The number of nitrogens with one attached hydrogen (secondary N) is 1. The van der Waals surface area contributed by atoms with Gasteiger partial charge in [0.25, 0.3) is 5.91 Å². The Kier molecular flexibility index (Phi) is 5.30. The van der Waals surface area contributed by atoms with E-state index in [1.165, 1.54) is 39.3 Å². The molecule has 0 unspecified atom stereocenters. The highest BCUT2D eigenvalue weighted by Gasteiger charge is 2.24. The van der Waals surface area contributed by atoms with Gasteiger partial charge in [0, 0.05) is 4.88 Å². The predicted octanol–water partition coefficient (Wildman–Crippen LogP) is 4.22. The van der Waals surface area contributed by atoms with Crippen LogP contribution in [0.1, 0.15) is 63.5 Å². The van der Waals surface area contributed by atoms with Gasteiger partial charge in [-0.3, -0.25) is 4.79 Å². The third-order valence-corrected chi connectivity index (χ3v) is 6.79. The van der Waals surface area contributed by atoms with E-state index in [9.17, 15) is 9.59 Å². The highest BCUT2D eigenvalue weighted by atomic mass is 32.1. The predicted molar refractivity (Wildman–Crippen MR) is 106 cm³/mol. The van der Waals surface area contributed by atoms with Crippen molar-refractivity contribution < 1.29 is 14.3 Å². The molecule has 1 aromatic carbocycles. The van der Waals surface area contributed by atoms with Crippen LogP contribution in [0, 0.1) is 5.92 Å². The van der Waals surface area contributed by atoms with Gasteiger partial charge in [-0.1, -0.05) is 31.2 Å². The van der Waals surface area contributed by atoms with Crippen molar-refractivity contribution in [1.82, 2.24) is 5.32 Å². The van der Waals surface area contributed by atoms with Crippen molar-refractivity contribution in [2.45, 2.75) is 51.5 Å². The van der Waals surface area contributed by atoms with E-state index in [1.54, 1.807) is 0 Å². The molecule has 2 aliphatic rings. The monoisotopic (exact) mass is 383 g/mol. The first-order valence-corrected chi connectivity index (χ1v) is 10.6. The van der Waals surface area contributed by atoms with Crippen LogP contribution in [0.5, 0.6) is 0 Å². The molecule has 2 aromatic rings. The van der Waals surface area contributed by atoms with Crippen LogP contribution in [-0.2, 0) is 28.8 Å². The summed E-state index contributed by atoms with van der Waals surface area (Å²) in [6, 6.07) is 10.2. The molecule has 4 nitrogen and oxygen atoms in total. The van der Waals surface area contributed by atoms with Gasteiger partial charge in [0.15, 0.2) is 6.61 Å². The smallest absolute Gasteiger partial charge is 0.348 e. The standard InChI is InChI=1S/C22H25NO3S/c1-14-9-10-19-16(11-14)12-20(27-19)22(25)26-13-21(24)23-18-8-4-6-15-5-2-3-7-17(15)18/h2-3,5,7,12,14,18H,4,6,8-11,13H2,1H3,(H,23,24)/t14-,18+/m0/s1. The van der Waals surface area contributed by atoms with E-state index in [2.05, 4.69) is 24.4 Å². The molecule has 1 aromatic heterocycles. The molecule has 0 aliphatic heterocycles. The van der Waals surface area contributed by atoms with E-state index in [1.807, 2.05) is 18.2 Å². The second-order valence-corrected chi connectivity index (χ2v) is 8.83. The minimum atomic E-state index is -0.388. The zero-order valence-electron chi connectivity index (χ0n) is 15.6. The third-order valence-electron chi connectivity index (χ3n) is 5.57. The fourth-order valence-corrected chi connectivity index (χ4v) is 5.25. The number of benzene rings is 1. The zero-order chi connectivity index (χ0) is 18.8. The summed E-state index contributed by atoms with van der Waals surface area (Å²) in [5.74, 6) is 0.0429. The number of fused-ring (bicyclic) bond motifs is 2. The summed E-state index contributed by atoms with van der Waals surface area (Å²) in [6.07, 6.45) is 6.27. The summed E-state index contributed by atoms with van der Waals surface area (Å²) >= 11 is 1.52. The number of thiophene rings is 1. The lowest BCUT2D eigenvalue weighted by molar-refractivity contribution is -0.125. The van der Waals surface area contributed by atoms with Crippen LogP contribution in [0.25, 0.3) is 0 Å². The number of hydrogen-bond donors (Lipinski definition) is 1. The molecule has 0 saturated carbocycles. The van der Waals surface area contributed by atoms with E-state index in [0.29, 0.717) is 10.8 Å². The molecular formula is C22H25NO3S. The van der Waals surface area contributed by atoms with Crippen LogP contribution in [-0.4, -0.2) is 18.5 Å². The van der Waals surface area contributed by atoms with Gasteiger partial charge >= 0.3 is 5.97 Å². The highest BCUT2D eigenvalue weighted by Crippen LogP contribution is 2.32. The fraction of sp³-hybridized carbons (Fsp3) is 0.455. The maximum atomic E-state index is 12.3. The Morgan fingerprint density at radius 2 is 2.04 bits per heavy atom. The minimum absolute atomic E-state index is 0.0108. The number of ether oxygens (including phenoxy) is 1. The molecule has 0 radical (unpaired) electrons. The Morgan fingerprint density at radius 3 is 2.93 bits per heavy atom. The van der Waals surface area contributed by atoms with Crippen molar-refractivity contribution in [2.75, 3.05) is 6.61 Å². The maximum absolute atomic E-state index is 12.3. The molecule has 27 heavy (non-hydrogen) atoms. The number of esters is 1. The second kappa shape index (κ2) is 7.85. The number of carbonyl (C=O) groups is 2. The molecule has 0 saturated heterocycles. The Hall–Kier alpha value is -2.14. The number of carbonyl (C=O) groups excluding carboxylic acids is 2. The van der Waals surface area contributed by atoms with Gasteiger partial charge in [0.2, 0.25) is 0 Å². The molecule has 0 fully saturated rings. The topological polar surface area (TPSA) is 55.4 Å². The van der Waals surface area contributed by atoms with Crippen LogP contribution in [0.4, 0.5) is 0 Å². The number of amides is 1. The number of aryl methyl sites for hydroxylation is 2. The molecule has 1 N–H and O–H groups in total. The van der Waals surface area contributed by atoms with Crippen molar-refractivity contribution in [3.05, 3.63) is 56.8 Å². The lowest BCUT2D eigenvalue weighted by Gasteiger charge is -2.26. The molecular weight excluding hydrogens is 358 g/mol. The first kappa shape index (κ1) is 18.2. The fourth-order valence-electron chi connectivity index (χ4n) is 4.15. The van der Waals surface area contributed by atoms with Crippen molar-refractivity contribution in [2.24, 2.45) is 5.92 Å². The van der Waals surface area contributed by atoms with Crippen LogP contribution in [0.15, 0.2) is 30.3 Å². The van der Waals surface area contributed by atoms with Gasteiger partial charge in [-0.05, 0) is 67.2 Å². The Balaban J connectivity index is 1.33. The average Bonchev–Trinajstić information content (AvgIpc) is 3.09.